The van der Waals surface area contributed by atoms with Crippen molar-refractivity contribution in [3.8, 4) is 22.4 Å². The second-order valence-electron chi connectivity index (χ2n) is 9.83. The summed E-state index contributed by atoms with van der Waals surface area (Å²) < 4.78 is 23.5. The highest BCUT2D eigenvalue weighted by molar-refractivity contribution is 6.17. The minimum absolute atomic E-state index is 0.484. The molecule has 34 heavy (non-hydrogen) atoms. The van der Waals surface area contributed by atoms with Gasteiger partial charge in [0.2, 0.25) is 0 Å². The summed E-state index contributed by atoms with van der Waals surface area (Å²) >= 11 is 0. The highest BCUT2D eigenvalue weighted by Crippen LogP contribution is 2.38. The van der Waals surface area contributed by atoms with Crippen LogP contribution in [-0.2, 0) is 6.37 Å². The Hall–Kier alpha value is -3.91. The van der Waals surface area contributed by atoms with Crippen LogP contribution in [0.2, 0.25) is 0 Å². The van der Waals surface area contributed by atoms with Gasteiger partial charge in [-0.05, 0) is 46.5 Å². The third-order valence-corrected chi connectivity index (χ3v) is 6.17. The van der Waals surface area contributed by atoms with E-state index in [9.17, 15) is 0 Å². The first-order valence-corrected chi connectivity index (χ1v) is 11.6. The number of pyridine rings is 1. The van der Waals surface area contributed by atoms with E-state index in [0.29, 0.717) is 5.56 Å². The van der Waals surface area contributed by atoms with Crippen molar-refractivity contribution in [1.82, 2.24) is 4.98 Å². The summed E-state index contributed by atoms with van der Waals surface area (Å²) in [7, 11) is 0. The van der Waals surface area contributed by atoms with Crippen molar-refractivity contribution in [1.29, 1.82) is 0 Å². The van der Waals surface area contributed by atoms with Crippen molar-refractivity contribution in [2.24, 2.45) is 5.41 Å². The molecule has 0 spiro atoms. The number of rotatable bonds is 3. The number of para-hydroxylation sites is 1. The van der Waals surface area contributed by atoms with Gasteiger partial charge in [-0.3, -0.25) is 4.98 Å². The summed E-state index contributed by atoms with van der Waals surface area (Å²) in [5.41, 5.74) is 5.77. The zero-order chi connectivity index (χ0) is 25.1. The first kappa shape index (κ1) is 18.5. The van der Waals surface area contributed by atoms with Gasteiger partial charge in [0, 0.05) is 36.2 Å². The Kier molecular flexibility index (Phi) is 4.27. The molecule has 0 radical (unpaired) electrons. The average molecular weight is 444 g/mol. The van der Waals surface area contributed by atoms with Gasteiger partial charge in [-0.25, -0.2) is 0 Å². The van der Waals surface area contributed by atoms with Gasteiger partial charge in [0.1, 0.15) is 11.2 Å². The zero-order valence-corrected chi connectivity index (χ0v) is 19.6. The molecule has 0 amide bonds. The van der Waals surface area contributed by atoms with E-state index in [1.165, 1.54) is 0 Å². The smallest absolute Gasteiger partial charge is 0.144 e. The van der Waals surface area contributed by atoms with Crippen LogP contribution in [0.25, 0.3) is 55.1 Å². The van der Waals surface area contributed by atoms with E-state index in [2.05, 4.69) is 48.5 Å². The summed E-state index contributed by atoms with van der Waals surface area (Å²) in [6, 6.07) is 30.6. The molecule has 2 nitrogen and oxygen atoms in total. The van der Waals surface area contributed by atoms with Crippen molar-refractivity contribution in [3.05, 3.63) is 103 Å². The standard InChI is InChI=1S/C32H27NO/c1-32(2,3)19-21-11-13-22(14-12-21)24-16-18-29(33-20-24)28-10-6-9-26-27-17-15-23-7-4-5-8-25(23)30(27)34-31(26)28/h4-18,20H,19H2,1-3H3/i19D2. The molecule has 0 aliphatic heterocycles. The summed E-state index contributed by atoms with van der Waals surface area (Å²) in [6.07, 6.45) is 0.462. The van der Waals surface area contributed by atoms with E-state index in [4.69, 9.17) is 12.1 Å². The second kappa shape index (κ2) is 7.85. The van der Waals surface area contributed by atoms with Crippen LogP contribution in [0, 0.1) is 5.41 Å². The molecule has 2 heterocycles. The number of hydrogen-bond donors (Lipinski definition) is 0. The molecule has 0 atom stereocenters. The summed E-state index contributed by atoms with van der Waals surface area (Å²) in [5, 5.41) is 4.47. The van der Waals surface area contributed by atoms with Crippen molar-refractivity contribution in [2.45, 2.75) is 27.1 Å². The van der Waals surface area contributed by atoms with E-state index in [1.807, 2.05) is 69.4 Å². The molecule has 0 N–H and O–H groups in total. The minimum atomic E-state index is -1.41. The van der Waals surface area contributed by atoms with Gasteiger partial charge in [-0.15, -0.1) is 0 Å². The molecular formula is C32H27NO. The highest BCUT2D eigenvalue weighted by atomic mass is 16.3. The summed E-state index contributed by atoms with van der Waals surface area (Å²) in [6.45, 7) is 5.78. The summed E-state index contributed by atoms with van der Waals surface area (Å²) in [4.78, 5) is 4.78. The van der Waals surface area contributed by atoms with Crippen LogP contribution in [0.15, 0.2) is 102 Å². The van der Waals surface area contributed by atoms with Crippen LogP contribution in [0.5, 0.6) is 0 Å². The Morgan fingerprint density at radius 2 is 1.44 bits per heavy atom. The number of benzene rings is 4. The van der Waals surface area contributed by atoms with Crippen molar-refractivity contribution >= 4 is 32.7 Å². The molecule has 0 saturated heterocycles. The lowest BCUT2D eigenvalue weighted by Crippen LogP contribution is -2.08. The molecule has 166 valence electrons. The van der Waals surface area contributed by atoms with Gasteiger partial charge in [-0.2, -0.15) is 0 Å². The number of nitrogens with zero attached hydrogens (tertiary/aromatic N) is 1. The highest BCUT2D eigenvalue weighted by Gasteiger charge is 2.15. The normalized spacial score (nSPS) is 13.4. The van der Waals surface area contributed by atoms with Crippen LogP contribution in [0.1, 0.15) is 29.1 Å². The maximum absolute atomic E-state index is 8.51. The van der Waals surface area contributed by atoms with Gasteiger partial charge < -0.3 is 4.42 Å². The van der Waals surface area contributed by atoms with Crippen molar-refractivity contribution in [3.63, 3.8) is 0 Å². The molecule has 4 aromatic carbocycles. The number of furan rings is 1. The average Bonchev–Trinajstić information content (AvgIpc) is 3.28. The van der Waals surface area contributed by atoms with Crippen LogP contribution in [0.4, 0.5) is 0 Å². The van der Waals surface area contributed by atoms with Crippen LogP contribution in [-0.4, -0.2) is 4.98 Å². The van der Waals surface area contributed by atoms with Crippen LogP contribution < -0.4 is 0 Å². The molecular weight excluding hydrogens is 414 g/mol. The van der Waals surface area contributed by atoms with E-state index >= 15 is 0 Å². The fraction of sp³-hybridized carbons (Fsp3) is 0.156. The van der Waals surface area contributed by atoms with Crippen molar-refractivity contribution < 1.29 is 7.16 Å². The molecule has 2 heteroatoms. The lowest BCUT2D eigenvalue weighted by Gasteiger charge is -2.18. The monoisotopic (exact) mass is 443 g/mol. The van der Waals surface area contributed by atoms with Crippen molar-refractivity contribution in [2.75, 3.05) is 0 Å². The Bertz CT molecular complexity index is 1720. The third kappa shape index (κ3) is 3.66. The molecule has 2 aromatic heterocycles. The van der Waals surface area contributed by atoms with Gasteiger partial charge >= 0.3 is 0 Å². The maximum Gasteiger partial charge on any atom is 0.144 e. The van der Waals surface area contributed by atoms with Crippen LogP contribution >= 0.6 is 0 Å². The predicted octanol–water partition coefficient (Wildman–Crippen LogP) is 9.06. The first-order valence-electron chi connectivity index (χ1n) is 12.6. The van der Waals surface area contributed by atoms with Gasteiger partial charge in [-0.1, -0.05) is 93.6 Å². The minimum Gasteiger partial charge on any atom is -0.455 e. The topological polar surface area (TPSA) is 26.0 Å². The van der Waals surface area contributed by atoms with E-state index in [1.54, 1.807) is 0 Å². The number of hydrogen-bond acceptors (Lipinski definition) is 2. The van der Waals surface area contributed by atoms with Gasteiger partial charge in [0.25, 0.3) is 0 Å². The third-order valence-electron chi connectivity index (χ3n) is 6.17. The molecule has 0 saturated carbocycles. The fourth-order valence-corrected chi connectivity index (χ4v) is 4.63. The molecule has 0 aliphatic carbocycles. The summed E-state index contributed by atoms with van der Waals surface area (Å²) in [5.74, 6) is 0. The predicted molar refractivity (Wildman–Crippen MR) is 143 cm³/mol. The van der Waals surface area contributed by atoms with E-state index in [0.717, 1.165) is 55.1 Å². The Morgan fingerprint density at radius 1 is 0.706 bits per heavy atom. The quantitative estimate of drug-likeness (QED) is 0.273. The largest absolute Gasteiger partial charge is 0.455 e. The molecule has 0 aliphatic rings. The molecule has 0 unspecified atom stereocenters. The van der Waals surface area contributed by atoms with E-state index < -0.39 is 11.8 Å². The second-order valence-corrected chi connectivity index (χ2v) is 9.83. The molecule has 6 rings (SSSR count). The number of fused-ring (bicyclic) bond motifs is 5. The van der Waals surface area contributed by atoms with Gasteiger partial charge in [0.15, 0.2) is 0 Å². The van der Waals surface area contributed by atoms with Gasteiger partial charge in [0.05, 0.1) is 5.69 Å². The first-order chi connectivity index (χ1) is 17.2. The lowest BCUT2D eigenvalue weighted by atomic mass is 9.88. The molecule has 6 aromatic rings. The zero-order valence-electron chi connectivity index (χ0n) is 21.6. The van der Waals surface area contributed by atoms with Crippen LogP contribution in [0.3, 0.4) is 0 Å². The Morgan fingerprint density at radius 3 is 2.21 bits per heavy atom. The van der Waals surface area contributed by atoms with E-state index in [-0.39, 0.29) is 0 Å². The number of aromatic nitrogens is 1. The Labute approximate surface area is 202 Å². The molecule has 0 fully saturated rings. The lowest BCUT2D eigenvalue weighted by molar-refractivity contribution is 0.411. The fourth-order valence-electron chi connectivity index (χ4n) is 4.63. The molecule has 0 bridgehead atoms. The SMILES string of the molecule is [2H]C([2H])(c1ccc(-c2ccc(-c3cccc4c3oc3c5ccccc5ccc43)nc2)cc1)C(C)(C)C. The maximum atomic E-state index is 8.51. The Balaban J connectivity index is 1.38.